The van der Waals surface area contributed by atoms with Gasteiger partial charge in [0.2, 0.25) is 26.7 Å². The van der Waals surface area contributed by atoms with Crippen LogP contribution in [0.5, 0.6) is 0 Å². The first-order chi connectivity index (χ1) is 25.2. The van der Waals surface area contributed by atoms with Crippen molar-refractivity contribution in [3.63, 3.8) is 0 Å². The van der Waals surface area contributed by atoms with Crippen LogP contribution in [0.3, 0.4) is 0 Å². The fourth-order valence-electron chi connectivity index (χ4n) is 6.17. The van der Waals surface area contributed by atoms with Crippen molar-refractivity contribution < 1.29 is 63.9 Å². The normalized spacial score (nSPS) is 21.5. The summed E-state index contributed by atoms with van der Waals surface area (Å²) in [4.78, 5) is 12.9. The van der Waals surface area contributed by atoms with Gasteiger partial charge in [0.1, 0.15) is 24.4 Å². The fraction of sp³-hybridized carbons (Fsp3) is 0.917. The minimum absolute atomic E-state index is 0. The van der Waals surface area contributed by atoms with Gasteiger partial charge in [-0.1, -0.05) is 142 Å². The largest absolute Gasteiger partial charge is 0.726 e. The number of unbranched alkanes of at least 4 members (excludes halogenated alkanes) is 19. The van der Waals surface area contributed by atoms with Crippen molar-refractivity contribution in [2.75, 3.05) is 13.2 Å². The molecule has 330 valence electrons. The molecule has 55 heavy (non-hydrogen) atoms. The Bertz CT molecular complexity index is 1200. The third kappa shape index (κ3) is 28.7. The molecule has 1 rings (SSSR count). The maximum absolute atomic E-state index is 12.9. The number of nitrogens with one attached hydrogen (secondary N) is 1. The van der Waals surface area contributed by atoms with Crippen LogP contribution in [0.4, 0.5) is 0 Å². The number of carbonyl (C=O) groups excluding carboxylic acids is 1. The van der Waals surface area contributed by atoms with Crippen molar-refractivity contribution in [1.29, 1.82) is 0 Å². The summed E-state index contributed by atoms with van der Waals surface area (Å²) >= 11 is 0. The quantitative estimate of drug-likeness (QED) is 0.0204. The Morgan fingerprint density at radius 3 is 1.69 bits per heavy atom. The molecular weight excluding hydrogens is 763 g/mol. The number of carbonyl (C=O) groups is 1. The van der Waals surface area contributed by atoms with Crippen molar-refractivity contribution in [2.45, 2.75) is 198 Å². The fourth-order valence-corrected chi connectivity index (χ4v) is 6.97. The highest BCUT2D eigenvalue weighted by atomic mass is 32.3. The van der Waals surface area contributed by atoms with Gasteiger partial charge in [-0.3, -0.25) is 13.2 Å². The average molecular weight is 838 g/mol. The van der Waals surface area contributed by atoms with Crippen LogP contribution < -0.4 is 17.6 Å². The third-order valence-corrected chi connectivity index (χ3v) is 10.1. The van der Waals surface area contributed by atoms with E-state index in [9.17, 15) is 46.1 Å². The molecule has 1 saturated heterocycles. The Labute approximate surface area is 330 Å². The van der Waals surface area contributed by atoms with Gasteiger partial charge in [0.15, 0.2) is 6.29 Å². The van der Waals surface area contributed by atoms with Gasteiger partial charge in [-0.25, -0.2) is 16.8 Å². The van der Waals surface area contributed by atoms with Crippen LogP contribution in [0, 0.1) is 0 Å². The molecule has 1 aliphatic heterocycles. The highest BCUT2D eigenvalue weighted by Gasteiger charge is 2.47. The van der Waals surface area contributed by atoms with Gasteiger partial charge >= 0.3 is 0 Å². The number of ether oxygens (including phenoxy) is 2. The molecule has 12 N–H and O–H groups in total. The molecule has 0 aromatic heterocycles. The summed E-state index contributed by atoms with van der Waals surface area (Å²) < 4.78 is 86.3. The van der Waals surface area contributed by atoms with E-state index in [0.29, 0.717) is 12.8 Å². The molecule has 1 fully saturated rings. The third-order valence-electron chi connectivity index (χ3n) is 9.26. The number of rotatable bonds is 33. The predicted octanol–water partition coefficient (Wildman–Crippen LogP) is 5.55. The molecule has 1 heterocycles. The molecule has 17 nitrogen and oxygen atoms in total. The van der Waals surface area contributed by atoms with E-state index in [1.807, 2.05) is 0 Å². The van der Waals surface area contributed by atoms with Crippen LogP contribution in [0.15, 0.2) is 12.2 Å². The molecule has 7 unspecified atom stereocenters. The summed E-state index contributed by atoms with van der Waals surface area (Å²) in [5.74, 6) is -0.356. The number of allylic oxidation sites excluding steroid dienone is 1. The van der Waals surface area contributed by atoms with Gasteiger partial charge in [0, 0.05) is 6.42 Å². The Balaban J connectivity index is 0. The van der Waals surface area contributed by atoms with E-state index >= 15 is 0 Å². The van der Waals surface area contributed by atoms with Crippen LogP contribution in [0.2, 0.25) is 0 Å². The van der Waals surface area contributed by atoms with Crippen molar-refractivity contribution in [3.05, 3.63) is 12.2 Å². The summed E-state index contributed by atoms with van der Waals surface area (Å²) in [6, 6.07) is -1.07. The Kier molecular flexibility index (Phi) is 33.1. The first-order valence-electron chi connectivity index (χ1n) is 19.7. The number of hydrogen-bond acceptors (Lipinski definition) is 14. The average Bonchev–Trinajstić information content (AvgIpc) is 3.09. The molecule has 0 spiro atoms. The second kappa shape index (κ2) is 32.6. The topological polar surface area (TPSA) is 314 Å². The van der Waals surface area contributed by atoms with E-state index in [2.05, 4.69) is 27.5 Å². The molecule has 1 aliphatic rings. The molecule has 0 aliphatic carbocycles. The number of quaternary nitrogens is 2. The van der Waals surface area contributed by atoms with Crippen LogP contribution in [-0.4, -0.2) is 103 Å². The zero-order valence-electron chi connectivity index (χ0n) is 33.8. The molecule has 7 atom stereocenters. The Morgan fingerprint density at radius 2 is 1.22 bits per heavy atom. The van der Waals surface area contributed by atoms with Crippen LogP contribution in [0.1, 0.15) is 155 Å². The van der Waals surface area contributed by atoms with Gasteiger partial charge in [-0.15, -0.1) is 0 Å². The smallest absolute Gasteiger partial charge is 0.220 e. The van der Waals surface area contributed by atoms with E-state index < -0.39 is 76.9 Å². The first-order valence-corrected chi connectivity index (χ1v) is 22.4. The van der Waals surface area contributed by atoms with Crippen molar-refractivity contribution in [2.24, 2.45) is 0 Å². The Morgan fingerprint density at radius 1 is 0.745 bits per heavy atom. The number of hydrogen-bond donors (Lipinski definition) is 6. The summed E-state index contributed by atoms with van der Waals surface area (Å²) in [7, 11) is -10.8. The molecule has 1 amide bonds. The van der Waals surface area contributed by atoms with Crippen molar-refractivity contribution in [1.82, 2.24) is 17.6 Å². The number of aliphatic hydroxyl groups excluding tert-OH is 3. The van der Waals surface area contributed by atoms with Gasteiger partial charge in [0.25, 0.3) is 0 Å². The maximum Gasteiger partial charge on any atom is 0.220 e. The van der Waals surface area contributed by atoms with Gasteiger partial charge < -0.3 is 51.5 Å². The monoisotopic (exact) mass is 837 g/mol. The van der Waals surface area contributed by atoms with Crippen molar-refractivity contribution in [3.8, 4) is 0 Å². The molecule has 0 radical (unpaired) electrons. The van der Waals surface area contributed by atoms with E-state index in [4.69, 9.17) is 9.47 Å². The van der Waals surface area contributed by atoms with Gasteiger partial charge in [0.05, 0.1) is 25.4 Å². The number of aliphatic hydroxyl groups is 3. The molecule has 19 heteroatoms. The maximum atomic E-state index is 12.9. The van der Waals surface area contributed by atoms with E-state index in [0.717, 1.165) is 44.9 Å². The SMILES string of the molecule is CCCCCCCCCCCCC/C=C/C(O)C(COC1OC(COS(=O)(=O)[O-])C(O)C(OS(=O)(=O)[O-])C1O)NC(=O)CCCCCCCCCCC.[NH4+].[NH4+]. The highest BCUT2D eigenvalue weighted by molar-refractivity contribution is 7.81. The van der Waals surface area contributed by atoms with Crippen LogP contribution >= 0.6 is 0 Å². The lowest BCUT2D eigenvalue weighted by atomic mass is 9.99. The highest BCUT2D eigenvalue weighted by Crippen LogP contribution is 2.26. The van der Waals surface area contributed by atoms with Gasteiger partial charge in [-0.05, 0) is 19.3 Å². The lowest BCUT2D eigenvalue weighted by molar-refractivity contribution is -0.297. The molecule has 0 bridgehead atoms. The van der Waals surface area contributed by atoms with Gasteiger partial charge in [-0.2, -0.15) is 0 Å². The first kappa shape index (κ1) is 55.8. The minimum Gasteiger partial charge on any atom is -0.726 e. The lowest BCUT2D eigenvalue weighted by Gasteiger charge is -2.42. The van der Waals surface area contributed by atoms with E-state index in [-0.39, 0.29) is 24.6 Å². The summed E-state index contributed by atoms with van der Waals surface area (Å²) in [6.07, 6.45) is 15.7. The lowest BCUT2D eigenvalue weighted by Crippen LogP contribution is -2.61. The zero-order valence-corrected chi connectivity index (χ0v) is 35.4. The van der Waals surface area contributed by atoms with Crippen molar-refractivity contribution >= 4 is 26.7 Å². The molecule has 0 aromatic carbocycles. The summed E-state index contributed by atoms with van der Waals surface area (Å²) in [6.45, 7) is 2.76. The summed E-state index contributed by atoms with van der Waals surface area (Å²) in [5, 5.41) is 34.9. The predicted molar refractivity (Wildman–Crippen MR) is 209 cm³/mol. The molecule has 0 aromatic rings. The zero-order chi connectivity index (χ0) is 39.5. The van der Waals surface area contributed by atoms with E-state index in [1.165, 1.54) is 83.1 Å². The minimum atomic E-state index is -5.50. The molecule has 0 saturated carbocycles. The number of amides is 1. The standard InChI is InChI=1S/C36H69NO14S2.2H3N/c1-3-5-7-9-11-13-14-15-16-18-19-21-23-25-30(38)29(37-32(39)26-24-22-20-17-12-10-8-6-4-2)27-48-36-34(41)35(51-53(45,46)47)33(40)31(50-36)28-49-52(42,43)44;;/h23,25,29-31,33-36,38,40-41H,3-22,24,26-28H2,1-2H3,(H,37,39)(H,42,43,44)(H,45,46,47);2*1H3/b25-23+;;. The van der Waals surface area contributed by atoms with Crippen LogP contribution in [0.25, 0.3) is 0 Å². The van der Waals surface area contributed by atoms with Crippen LogP contribution in [-0.2, 0) is 43.4 Å². The Hall–Kier alpha value is -1.33. The second-order valence-electron chi connectivity index (χ2n) is 14.0. The summed E-state index contributed by atoms with van der Waals surface area (Å²) in [5.41, 5.74) is 0. The second-order valence-corrected chi connectivity index (χ2v) is 16.1. The van der Waals surface area contributed by atoms with E-state index in [1.54, 1.807) is 6.08 Å². The molecular formula is C36H75N3O14S2.